The Bertz CT molecular complexity index is 560. The molecular formula is C11H12ClN3O. The van der Waals surface area contributed by atoms with Gasteiger partial charge in [-0.1, -0.05) is 11.6 Å². The SMILES string of the molecule is Cc1nc2cc(Cl)ccn2c1C(=O)N(C)C. The number of amides is 1. The van der Waals surface area contributed by atoms with E-state index in [1.807, 2.05) is 6.92 Å². The van der Waals surface area contributed by atoms with Crippen LogP contribution in [0.2, 0.25) is 5.02 Å². The molecule has 0 aliphatic rings. The van der Waals surface area contributed by atoms with Gasteiger partial charge < -0.3 is 4.90 Å². The number of hydrogen-bond donors (Lipinski definition) is 0. The fraction of sp³-hybridized carbons (Fsp3) is 0.273. The van der Waals surface area contributed by atoms with Crippen LogP contribution < -0.4 is 0 Å². The van der Waals surface area contributed by atoms with E-state index in [-0.39, 0.29) is 5.91 Å². The van der Waals surface area contributed by atoms with Gasteiger partial charge in [0.2, 0.25) is 0 Å². The van der Waals surface area contributed by atoms with Crippen LogP contribution >= 0.6 is 11.6 Å². The number of aromatic nitrogens is 2. The van der Waals surface area contributed by atoms with Gasteiger partial charge in [0.25, 0.3) is 5.91 Å². The molecule has 0 saturated heterocycles. The topological polar surface area (TPSA) is 37.6 Å². The number of nitrogens with zero attached hydrogens (tertiary/aromatic N) is 3. The number of pyridine rings is 1. The third-order valence-corrected chi connectivity index (χ3v) is 2.61. The third-order valence-electron chi connectivity index (χ3n) is 2.37. The second-order valence-corrected chi connectivity index (χ2v) is 4.25. The molecule has 0 aliphatic heterocycles. The fourth-order valence-electron chi connectivity index (χ4n) is 1.61. The first-order chi connectivity index (χ1) is 7.50. The molecule has 1 amide bonds. The summed E-state index contributed by atoms with van der Waals surface area (Å²) in [5.74, 6) is -0.0627. The lowest BCUT2D eigenvalue weighted by Gasteiger charge is -2.10. The van der Waals surface area contributed by atoms with Crippen molar-refractivity contribution in [1.29, 1.82) is 0 Å². The maximum atomic E-state index is 12.0. The fourth-order valence-corrected chi connectivity index (χ4v) is 1.76. The first-order valence-corrected chi connectivity index (χ1v) is 5.24. The molecule has 0 saturated carbocycles. The summed E-state index contributed by atoms with van der Waals surface area (Å²) in [7, 11) is 3.44. The molecule has 0 atom stereocenters. The summed E-state index contributed by atoms with van der Waals surface area (Å²) < 4.78 is 1.75. The molecule has 84 valence electrons. The van der Waals surface area contributed by atoms with Gasteiger partial charge in [0.05, 0.1) is 5.69 Å². The number of carbonyl (C=O) groups excluding carboxylic acids is 1. The van der Waals surface area contributed by atoms with E-state index in [0.717, 1.165) is 0 Å². The molecule has 2 aromatic rings. The summed E-state index contributed by atoms with van der Waals surface area (Å²) in [6, 6.07) is 3.48. The van der Waals surface area contributed by atoms with Crippen molar-refractivity contribution in [2.45, 2.75) is 6.92 Å². The molecule has 2 heterocycles. The van der Waals surface area contributed by atoms with E-state index in [1.165, 1.54) is 4.90 Å². The zero-order valence-corrected chi connectivity index (χ0v) is 10.1. The highest BCUT2D eigenvalue weighted by Crippen LogP contribution is 2.17. The zero-order valence-electron chi connectivity index (χ0n) is 9.36. The third kappa shape index (κ3) is 1.65. The number of fused-ring (bicyclic) bond motifs is 1. The van der Waals surface area contributed by atoms with Crippen LogP contribution in [0.25, 0.3) is 5.65 Å². The lowest BCUT2D eigenvalue weighted by Crippen LogP contribution is -2.23. The van der Waals surface area contributed by atoms with Crippen LogP contribution in [0.15, 0.2) is 18.3 Å². The van der Waals surface area contributed by atoms with Gasteiger partial charge in [0.1, 0.15) is 11.3 Å². The van der Waals surface area contributed by atoms with Crippen LogP contribution in [0.3, 0.4) is 0 Å². The van der Waals surface area contributed by atoms with Crippen LogP contribution in [0, 0.1) is 6.92 Å². The minimum atomic E-state index is -0.0627. The highest BCUT2D eigenvalue weighted by atomic mass is 35.5. The molecule has 4 nitrogen and oxygen atoms in total. The van der Waals surface area contributed by atoms with Gasteiger partial charge in [-0.15, -0.1) is 0 Å². The number of hydrogen-bond acceptors (Lipinski definition) is 2. The van der Waals surface area contributed by atoms with Crippen LogP contribution in [0.4, 0.5) is 0 Å². The number of halogens is 1. The summed E-state index contributed by atoms with van der Waals surface area (Å²) in [6.07, 6.45) is 1.76. The minimum Gasteiger partial charge on any atom is -0.343 e. The van der Waals surface area contributed by atoms with Crippen molar-refractivity contribution < 1.29 is 4.79 Å². The predicted molar refractivity (Wildman–Crippen MR) is 63.0 cm³/mol. The number of aryl methyl sites for hydroxylation is 1. The number of imidazole rings is 1. The molecule has 0 aromatic carbocycles. The maximum Gasteiger partial charge on any atom is 0.272 e. The van der Waals surface area contributed by atoms with E-state index >= 15 is 0 Å². The van der Waals surface area contributed by atoms with Crippen molar-refractivity contribution in [3.8, 4) is 0 Å². The Balaban J connectivity index is 2.70. The van der Waals surface area contributed by atoms with Crippen LogP contribution in [0.1, 0.15) is 16.2 Å². The van der Waals surface area contributed by atoms with Crippen LogP contribution in [-0.4, -0.2) is 34.3 Å². The Morgan fingerprint density at radius 1 is 1.50 bits per heavy atom. The maximum absolute atomic E-state index is 12.0. The van der Waals surface area contributed by atoms with Crippen molar-refractivity contribution >= 4 is 23.2 Å². The number of rotatable bonds is 1. The van der Waals surface area contributed by atoms with E-state index in [4.69, 9.17) is 11.6 Å². The first kappa shape index (κ1) is 11.0. The van der Waals surface area contributed by atoms with Crippen molar-refractivity contribution in [3.05, 3.63) is 34.7 Å². The molecule has 16 heavy (non-hydrogen) atoms. The van der Waals surface area contributed by atoms with Gasteiger partial charge in [0.15, 0.2) is 0 Å². The van der Waals surface area contributed by atoms with E-state index in [2.05, 4.69) is 4.98 Å². The van der Waals surface area contributed by atoms with Gasteiger partial charge in [-0.2, -0.15) is 0 Å². The van der Waals surface area contributed by atoms with Crippen LogP contribution in [-0.2, 0) is 0 Å². The lowest BCUT2D eigenvalue weighted by molar-refractivity contribution is 0.0820. The van der Waals surface area contributed by atoms with Crippen molar-refractivity contribution in [2.24, 2.45) is 0 Å². The Hall–Kier alpha value is -1.55. The second kappa shape index (κ2) is 3.79. The summed E-state index contributed by atoms with van der Waals surface area (Å²) in [5, 5.41) is 0.612. The van der Waals surface area contributed by atoms with Gasteiger partial charge in [-0.3, -0.25) is 9.20 Å². The quantitative estimate of drug-likeness (QED) is 0.761. The van der Waals surface area contributed by atoms with Crippen molar-refractivity contribution in [1.82, 2.24) is 14.3 Å². The molecule has 0 aliphatic carbocycles. The summed E-state index contributed by atoms with van der Waals surface area (Å²) in [4.78, 5) is 17.8. The predicted octanol–water partition coefficient (Wildman–Crippen LogP) is 2.00. The number of carbonyl (C=O) groups is 1. The summed E-state index contributed by atoms with van der Waals surface area (Å²) in [6.45, 7) is 1.82. The Labute approximate surface area is 98.5 Å². The average molecular weight is 238 g/mol. The van der Waals surface area contributed by atoms with Gasteiger partial charge in [-0.05, 0) is 13.0 Å². The van der Waals surface area contributed by atoms with E-state index in [0.29, 0.717) is 22.1 Å². The summed E-state index contributed by atoms with van der Waals surface area (Å²) in [5.41, 5.74) is 1.98. The molecular weight excluding hydrogens is 226 g/mol. The highest BCUT2D eigenvalue weighted by Gasteiger charge is 2.17. The molecule has 0 unspecified atom stereocenters. The van der Waals surface area contributed by atoms with Gasteiger partial charge in [0, 0.05) is 31.4 Å². The molecule has 0 bridgehead atoms. The normalized spacial score (nSPS) is 10.8. The summed E-state index contributed by atoms with van der Waals surface area (Å²) >= 11 is 5.87. The molecule has 0 radical (unpaired) electrons. The molecule has 2 aromatic heterocycles. The first-order valence-electron chi connectivity index (χ1n) is 4.86. The van der Waals surface area contributed by atoms with Gasteiger partial charge in [-0.25, -0.2) is 4.98 Å². The minimum absolute atomic E-state index is 0.0627. The smallest absolute Gasteiger partial charge is 0.272 e. The van der Waals surface area contributed by atoms with Gasteiger partial charge >= 0.3 is 0 Å². The monoisotopic (exact) mass is 237 g/mol. The van der Waals surface area contributed by atoms with Crippen molar-refractivity contribution in [2.75, 3.05) is 14.1 Å². The second-order valence-electron chi connectivity index (χ2n) is 3.82. The largest absolute Gasteiger partial charge is 0.343 e. The molecule has 0 N–H and O–H groups in total. The Kier molecular flexibility index (Phi) is 2.59. The highest BCUT2D eigenvalue weighted by molar-refractivity contribution is 6.30. The Morgan fingerprint density at radius 3 is 2.81 bits per heavy atom. The average Bonchev–Trinajstić information content (AvgIpc) is 2.51. The standard InChI is InChI=1S/C11H12ClN3O/c1-7-10(11(16)14(2)3)15-5-4-8(12)6-9(15)13-7/h4-6H,1-3H3. The molecule has 2 rings (SSSR count). The molecule has 5 heteroatoms. The zero-order chi connectivity index (χ0) is 11.9. The van der Waals surface area contributed by atoms with E-state index in [9.17, 15) is 4.79 Å². The van der Waals surface area contributed by atoms with E-state index < -0.39 is 0 Å². The van der Waals surface area contributed by atoms with E-state index in [1.54, 1.807) is 36.8 Å². The lowest BCUT2D eigenvalue weighted by atomic mass is 10.3. The van der Waals surface area contributed by atoms with Crippen LogP contribution in [0.5, 0.6) is 0 Å². The molecule has 0 fully saturated rings. The molecule has 0 spiro atoms. The van der Waals surface area contributed by atoms with Crippen molar-refractivity contribution in [3.63, 3.8) is 0 Å². The Morgan fingerprint density at radius 2 is 2.19 bits per heavy atom.